The largest absolute Gasteiger partial charge is 0.390 e. The Morgan fingerprint density at radius 2 is 1.78 bits per heavy atom. The maximum absolute atomic E-state index is 13.9. The van der Waals surface area contributed by atoms with Gasteiger partial charge in [-0.3, -0.25) is 9.80 Å². The van der Waals surface area contributed by atoms with Crippen LogP contribution >= 0.6 is 0 Å². The van der Waals surface area contributed by atoms with Crippen LogP contribution in [0.3, 0.4) is 0 Å². The number of amides is 1. The van der Waals surface area contributed by atoms with Crippen molar-refractivity contribution in [3.8, 4) is 0 Å². The molecule has 0 saturated heterocycles. The smallest absolute Gasteiger partial charge is 0.268 e. The van der Waals surface area contributed by atoms with Gasteiger partial charge in [0.25, 0.3) is 5.91 Å². The quantitative estimate of drug-likeness (QED) is 0.207. The molecular weight excluding hydrogens is 531 g/mol. The molecule has 0 aromatic heterocycles. The molecule has 226 valence electrons. The molecule has 1 amide bonds. The second-order valence-corrected chi connectivity index (χ2v) is 12.0. The van der Waals surface area contributed by atoms with E-state index in [-0.39, 0.29) is 23.9 Å². The number of aliphatic hydroxyl groups excluding tert-OH is 1. The van der Waals surface area contributed by atoms with Gasteiger partial charge in [0.2, 0.25) is 0 Å². The Hall–Kier alpha value is -2.95. The molecule has 1 aliphatic rings. The first-order valence-corrected chi connectivity index (χ1v) is 14.2. The Morgan fingerprint density at radius 1 is 1.15 bits per heavy atom. The van der Waals surface area contributed by atoms with Crippen LogP contribution in [0.15, 0.2) is 47.6 Å². The molecule has 1 aliphatic carbocycles. The number of hydrogen-bond acceptors (Lipinski definition) is 6. The van der Waals surface area contributed by atoms with Gasteiger partial charge in [0.15, 0.2) is 6.67 Å². The number of carbonyl (C=O) groups excluding carboxylic acids is 1. The number of carbonyl (C=O) groups is 1. The van der Waals surface area contributed by atoms with Crippen LogP contribution in [0.5, 0.6) is 0 Å². The van der Waals surface area contributed by atoms with Crippen molar-refractivity contribution in [3.63, 3.8) is 0 Å². The summed E-state index contributed by atoms with van der Waals surface area (Å²) in [5.74, 6) is 3.33. The zero-order chi connectivity index (χ0) is 30.4. The van der Waals surface area contributed by atoms with Crippen molar-refractivity contribution in [3.05, 3.63) is 70.8 Å². The van der Waals surface area contributed by atoms with Gasteiger partial charge in [0.05, 0.1) is 12.1 Å². The van der Waals surface area contributed by atoms with Crippen LogP contribution in [0.25, 0.3) is 0 Å². The number of hydrazine groups is 1. The summed E-state index contributed by atoms with van der Waals surface area (Å²) >= 11 is 0. The van der Waals surface area contributed by atoms with Crippen molar-refractivity contribution >= 4 is 11.6 Å². The molecule has 0 aliphatic heterocycles. The third-order valence-corrected chi connectivity index (χ3v) is 7.95. The second-order valence-electron chi connectivity index (χ2n) is 12.0. The third-order valence-electron chi connectivity index (χ3n) is 7.95. The molecule has 2 aromatic rings. The van der Waals surface area contributed by atoms with Crippen molar-refractivity contribution < 1.29 is 23.1 Å². The van der Waals surface area contributed by atoms with Gasteiger partial charge < -0.3 is 15.4 Å². The number of aliphatic hydroxyl groups is 1. The highest BCUT2D eigenvalue weighted by molar-refractivity contribution is 5.85. The maximum atomic E-state index is 13.9. The van der Waals surface area contributed by atoms with Gasteiger partial charge in [-0.25, -0.2) is 19.0 Å². The molecule has 3 rings (SSSR count). The fourth-order valence-corrected chi connectivity index (χ4v) is 5.31. The summed E-state index contributed by atoms with van der Waals surface area (Å²) in [5.41, 5.74) is 2.97. The average Bonchev–Trinajstić information content (AvgIpc) is 2.93. The fourth-order valence-electron chi connectivity index (χ4n) is 5.31. The molecule has 0 spiro atoms. The third kappa shape index (κ3) is 8.53. The molecule has 0 heterocycles. The first-order valence-electron chi connectivity index (χ1n) is 14.2. The van der Waals surface area contributed by atoms with Gasteiger partial charge >= 0.3 is 0 Å². The average molecular weight is 576 g/mol. The summed E-state index contributed by atoms with van der Waals surface area (Å²) in [6.45, 7) is 7.95. The monoisotopic (exact) mass is 575 g/mol. The van der Waals surface area contributed by atoms with Crippen molar-refractivity contribution in [1.29, 1.82) is 0 Å². The zero-order valence-electron chi connectivity index (χ0n) is 24.8. The van der Waals surface area contributed by atoms with E-state index in [9.17, 15) is 23.1 Å². The van der Waals surface area contributed by atoms with Crippen LogP contribution in [-0.4, -0.2) is 65.7 Å². The van der Waals surface area contributed by atoms with Crippen molar-refractivity contribution in [2.45, 2.75) is 82.9 Å². The lowest BCUT2D eigenvalue weighted by Gasteiger charge is -2.42. The van der Waals surface area contributed by atoms with Crippen molar-refractivity contribution in [2.75, 3.05) is 26.8 Å². The highest BCUT2D eigenvalue weighted by Gasteiger charge is 2.38. The van der Waals surface area contributed by atoms with Crippen LogP contribution in [0.1, 0.15) is 70.1 Å². The molecule has 1 fully saturated rings. The normalized spacial score (nSPS) is 19.0. The highest BCUT2D eigenvalue weighted by atomic mass is 19.1. The Kier molecular flexibility index (Phi) is 11.0. The highest BCUT2D eigenvalue weighted by Crippen LogP contribution is 2.38. The zero-order valence-corrected chi connectivity index (χ0v) is 24.8. The molecule has 0 bridgehead atoms. The minimum atomic E-state index is -1.36. The van der Waals surface area contributed by atoms with E-state index >= 15 is 0 Å². The lowest BCUT2D eigenvalue weighted by Crippen LogP contribution is -2.57. The number of nitrogens with zero attached hydrogens (tertiary/aromatic N) is 3. The lowest BCUT2D eigenvalue weighted by molar-refractivity contribution is -0.137. The number of nitrogens with one attached hydrogen (secondary N) is 1. The van der Waals surface area contributed by atoms with Crippen molar-refractivity contribution in [2.24, 2.45) is 10.9 Å². The van der Waals surface area contributed by atoms with Crippen LogP contribution in [0, 0.1) is 11.6 Å². The van der Waals surface area contributed by atoms with Gasteiger partial charge in [0, 0.05) is 37.5 Å². The molecule has 2 atom stereocenters. The number of alkyl halides is 1. The van der Waals surface area contributed by atoms with E-state index in [1.807, 2.05) is 25.0 Å². The number of rotatable bonds is 11. The molecule has 0 radical (unpaired) electrons. The molecule has 1 saturated carbocycles. The Balaban J connectivity index is 1.91. The molecule has 2 unspecified atom stereocenters. The van der Waals surface area contributed by atoms with Gasteiger partial charge in [0.1, 0.15) is 11.6 Å². The first kappa shape index (κ1) is 32.6. The van der Waals surface area contributed by atoms with Crippen molar-refractivity contribution in [1.82, 2.24) is 15.3 Å². The summed E-state index contributed by atoms with van der Waals surface area (Å²) < 4.78 is 41.0. The van der Waals surface area contributed by atoms with E-state index in [1.54, 1.807) is 0 Å². The molecule has 41 heavy (non-hydrogen) atoms. The first-order chi connectivity index (χ1) is 19.3. The standard InChI is InChI=1S/C31H44F3N5O2/c1-6-38(5)37-26-10-12-31(13-11-26,23-9-7-8-22(17-23)30(2,3)4)36-20-28(40)27(39(35)29(41)19-32)16-21-14-24(33)18-25(34)15-21/h7-9,14-15,17-18,27-28,36,40H,6,10-13,16,19-20,35H2,1-5H3. The minimum Gasteiger partial charge on any atom is -0.390 e. The number of hydrazone groups is 1. The van der Waals surface area contributed by atoms with E-state index in [1.165, 1.54) is 5.56 Å². The maximum Gasteiger partial charge on any atom is 0.268 e. The van der Waals surface area contributed by atoms with E-state index in [4.69, 9.17) is 10.9 Å². The topological polar surface area (TPSA) is 94.2 Å². The predicted octanol–water partition coefficient (Wildman–Crippen LogP) is 4.57. The Bertz CT molecular complexity index is 1190. The van der Waals surface area contributed by atoms with Crippen LogP contribution in [0.2, 0.25) is 0 Å². The van der Waals surface area contributed by atoms with Gasteiger partial charge in [-0.2, -0.15) is 5.10 Å². The van der Waals surface area contributed by atoms with Crippen LogP contribution in [-0.2, 0) is 22.2 Å². The Morgan fingerprint density at radius 3 is 2.34 bits per heavy atom. The lowest BCUT2D eigenvalue weighted by atomic mass is 9.74. The molecular formula is C31H44F3N5O2. The fraction of sp³-hybridized carbons (Fsp3) is 0.548. The van der Waals surface area contributed by atoms with Gasteiger partial charge in [-0.15, -0.1) is 0 Å². The second kappa shape index (κ2) is 13.8. The molecule has 2 aromatic carbocycles. The van der Waals surface area contributed by atoms with E-state index in [0.717, 1.165) is 61.7 Å². The van der Waals surface area contributed by atoms with E-state index in [2.05, 4.69) is 44.3 Å². The van der Waals surface area contributed by atoms with E-state index in [0.29, 0.717) is 5.01 Å². The number of halogens is 3. The Labute approximate surface area is 241 Å². The van der Waals surface area contributed by atoms with Crippen LogP contribution < -0.4 is 11.2 Å². The van der Waals surface area contributed by atoms with Gasteiger partial charge in [-0.1, -0.05) is 45.0 Å². The summed E-state index contributed by atoms with van der Waals surface area (Å²) in [5, 5.41) is 22.2. The minimum absolute atomic E-state index is 0.0107. The predicted molar refractivity (Wildman–Crippen MR) is 156 cm³/mol. The van der Waals surface area contributed by atoms with Crippen LogP contribution in [0.4, 0.5) is 13.2 Å². The molecule has 4 N–H and O–H groups in total. The SMILES string of the molecule is CCN(C)N=C1CCC(NCC(O)C(Cc2cc(F)cc(F)c2)N(N)C(=O)CF)(c2cccc(C(C)(C)C)c2)CC1. The summed E-state index contributed by atoms with van der Waals surface area (Å²) in [6, 6.07) is 10.2. The summed E-state index contributed by atoms with van der Waals surface area (Å²) in [4.78, 5) is 12.2. The molecule has 10 heteroatoms. The number of benzene rings is 2. The number of nitrogens with two attached hydrogens (primary N) is 1. The number of hydrogen-bond donors (Lipinski definition) is 3. The summed E-state index contributed by atoms with van der Waals surface area (Å²) in [7, 11) is 1.94. The van der Waals surface area contributed by atoms with E-state index < -0.39 is 41.9 Å². The van der Waals surface area contributed by atoms with Gasteiger partial charge in [-0.05, 0) is 73.3 Å². The molecule has 7 nitrogen and oxygen atoms in total. The summed E-state index contributed by atoms with van der Waals surface area (Å²) in [6.07, 6.45) is 1.53.